The average Bonchev–Trinajstić information content (AvgIpc) is 3.61. The number of rotatable bonds is 4. The van der Waals surface area contributed by atoms with Gasteiger partial charge in [0.25, 0.3) is 11.8 Å². The topological polar surface area (TPSA) is 104 Å². The van der Waals surface area contributed by atoms with Gasteiger partial charge >= 0.3 is 0 Å². The van der Waals surface area contributed by atoms with Crippen molar-refractivity contribution in [1.82, 2.24) is 9.80 Å². The molecule has 33 heavy (non-hydrogen) atoms. The van der Waals surface area contributed by atoms with E-state index in [0.717, 1.165) is 21.9 Å². The molecule has 1 saturated carbocycles. The van der Waals surface area contributed by atoms with Crippen molar-refractivity contribution >= 4 is 28.5 Å². The number of primary amides is 1. The molecule has 0 unspecified atom stereocenters. The zero-order valence-corrected chi connectivity index (χ0v) is 18.2. The Morgan fingerprint density at radius 1 is 0.727 bits per heavy atom. The van der Waals surface area contributed by atoms with Crippen LogP contribution in [-0.2, 0) is 4.79 Å². The molecule has 1 heterocycles. The van der Waals surface area contributed by atoms with Gasteiger partial charge in [0, 0.05) is 37.3 Å². The Morgan fingerprint density at radius 3 is 1.94 bits per heavy atom. The van der Waals surface area contributed by atoms with Crippen LogP contribution in [-0.4, -0.2) is 64.4 Å². The van der Waals surface area contributed by atoms with E-state index in [0.29, 0.717) is 50.1 Å². The summed E-state index contributed by atoms with van der Waals surface area (Å²) in [5.74, 6) is -0.737. The van der Waals surface area contributed by atoms with Crippen molar-refractivity contribution in [2.24, 2.45) is 5.73 Å². The van der Waals surface area contributed by atoms with Gasteiger partial charge in [-0.3, -0.25) is 14.4 Å². The molecular weight excluding hydrogens is 418 g/mol. The molecule has 3 aromatic rings. The molecule has 3 N–H and O–H groups in total. The van der Waals surface area contributed by atoms with Crippen LogP contribution in [0.3, 0.4) is 0 Å². The van der Waals surface area contributed by atoms with E-state index < -0.39 is 11.5 Å². The molecule has 0 aromatic heterocycles. The van der Waals surface area contributed by atoms with Gasteiger partial charge in [0.1, 0.15) is 5.60 Å². The molecule has 3 aromatic carbocycles. The Morgan fingerprint density at radius 2 is 1.30 bits per heavy atom. The lowest BCUT2D eigenvalue weighted by Gasteiger charge is -2.35. The lowest BCUT2D eigenvalue weighted by molar-refractivity contribution is -0.143. The average molecular weight is 444 g/mol. The summed E-state index contributed by atoms with van der Waals surface area (Å²) >= 11 is 0. The van der Waals surface area contributed by atoms with Crippen LogP contribution < -0.4 is 5.73 Å². The zero-order chi connectivity index (χ0) is 23.2. The van der Waals surface area contributed by atoms with E-state index in [2.05, 4.69) is 0 Å². The molecule has 2 fully saturated rings. The Hall–Kier alpha value is -3.71. The molecule has 0 bridgehead atoms. The lowest BCUT2D eigenvalue weighted by Crippen LogP contribution is -2.53. The maximum atomic E-state index is 12.9. The molecule has 1 aliphatic carbocycles. The number of hydrogen-bond acceptors (Lipinski definition) is 4. The quantitative estimate of drug-likeness (QED) is 0.646. The molecule has 168 valence electrons. The standard InChI is InChI=1S/C26H25N3O4/c27-23(30)21-8-4-18-3-7-20(15-22(18)16-21)17-1-5-19(6-2-17)24(31)28-11-13-29(14-12-28)25(32)26(33)9-10-26/h1-8,15-16,33H,9-14H2,(H2,27,30). The molecule has 0 radical (unpaired) electrons. The molecule has 1 saturated heterocycles. The van der Waals surface area contributed by atoms with Crippen LogP contribution in [0.4, 0.5) is 0 Å². The number of nitrogens with zero attached hydrogens (tertiary/aromatic N) is 2. The number of piperazine rings is 1. The molecule has 0 spiro atoms. The number of amides is 3. The van der Waals surface area contributed by atoms with Crippen LogP contribution in [0.2, 0.25) is 0 Å². The van der Waals surface area contributed by atoms with E-state index >= 15 is 0 Å². The van der Waals surface area contributed by atoms with E-state index in [4.69, 9.17) is 5.73 Å². The third kappa shape index (κ3) is 4.07. The molecule has 3 amide bonds. The van der Waals surface area contributed by atoms with Crippen molar-refractivity contribution in [3.63, 3.8) is 0 Å². The van der Waals surface area contributed by atoms with Crippen molar-refractivity contribution in [2.45, 2.75) is 18.4 Å². The van der Waals surface area contributed by atoms with E-state index in [1.54, 1.807) is 21.9 Å². The van der Waals surface area contributed by atoms with Crippen LogP contribution in [0.15, 0.2) is 60.7 Å². The van der Waals surface area contributed by atoms with Crippen molar-refractivity contribution in [3.05, 3.63) is 71.8 Å². The van der Waals surface area contributed by atoms with Crippen molar-refractivity contribution in [1.29, 1.82) is 0 Å². The highest BCUT2D eigenvalue weighted by Gasteiger charge is 2.50. The SMILES string of the molecule is NC(=O)c1ccc2ccc(-c3ccc(C(=O)N4CCN(C(=O)C5(O)CC5)CC4)cc3)cc2c1. The monoisotopic (exact) mass is 443 g/mol. The van der Waals surface area contributed by atoms with Crippen molar-refractivity contribution in [3.8, 4) is 11.1 Å². The van der Waals surface area contributed by atoms with Gasteiger partial charge in [0.2, 0.25) is 5.91 Å². The Labute approximate surface area is 191 Å². The van der Waals surface area contributed by atoms with Gasteiger partial charge < -0.3 is 20.6 Å². The second-order valence-corrected chi connectivity index (χ2v) is 8.83. The second-order valence-electron chi connectivity index (χ2n) is 8.83. The number of nitrogens with two attached hydrogens (primary N) is 1. The van der Waals surface area contributed by atoms with Crippen LogP contribution in [0.25, 0.3) is 21.9 Å². The van der Waals surface area contributed by atoms with Crippen molar-refractivity contribution in [2.75, 3.05) is 26.2 Å². The lowest BCUT2D eigenvalue weighted by atomic mass is 9.99. The first-order chi connectivity index (χ1) is 15.8. The first-order valence-electron chi connectivity index (χ1n) is 11.1. The highest BCUT2D eigenvalue weighted by Crippen LogP contribution is 2.37. The molecule has 7 nitrogen and oxygen atoms in total. The third-order valence-corrected chi connectivity index (χ3v) is 6.57. The normalized spacial score (nSPS) is 17.1. The van der Waals surface area contributed by atoms with E-state index in [1.165, 1.54) is 0 Å². The van der Waals surface area contributed by atoms with Crippen LogP contribution >= 0.6 is 0 Å². The highest BCUT2D eigenvalue weighted by molar-refractivity contribution is 5.99. The summed E-state index contributed by atoms with van der Waals surface area (Å²) < 4.78 is 0. The number of benzene rings is 3. The first-order valence-corrected chi connectivity index (χ1v) is 11.1. The van der Waals surface area contributed by atoms with E-state index in [-0.39, 0.29) is 11.8 Å². The number of aliphatic hydroxyl groups is 1. The number of fused-ring (bicyclic) bond motifs is 1. The third-order valence-electron chi connectivity index (χ3n) is 6.57. The summed E-state index contributed by atoms with van der Waals surface area (Å²) in [6.45, 7) is 1.79. The number of hydrogen-bond donors (Lipinski definition) is 2. The summed E-state index contributed by atoms with van der Waals surface area (Å²) in [4.78, 5) is 40.1. The summed E-state index contributed by atoms with van der Waals surface area (Å²) in [7, 11) is 0. The van der Waals surface area contributed by atoms with Gasteiger partial charge in [-0.2, -0.15) is 0 Å². The van der Waals surface area contributed by atoms with Gasteiger partial charge in [0.05, 0.1) is 0 Å². The fraction of sp³-hybridized carbons (Fsp3) is 0.269. The van der Waals surface area contributed by atoms with Crippen LogP contribution in [0.1, 0.15) is 33.6 Å². The molecule has 2 aliphatic rings. The van der Waals surface area contributed by atoms with Gasteiger partial charge in [-0.1, -0.05) is 30.3 Å². The fourth-order valence-electron chi connectivity index (χ4n) is 4.31. The minimum Gasteiger partial charge on any atom is -0.380 e. The van der Waals surface area contributed by atoms with Gasteiger partial charge in [-0.15, -0.1) is 0 Å². The summed E-state index contributed by atoms with van der Waals surface area (Å²) in [5, 5.41) is 12.0. The van der Waals surface area contributed by atoms with Gasteiger partial charge in [-0.25, -0.2) is 0 Å². The van der Waals surface area contributed by atoms with E-state index in [1.807, 2.05) is 48.5 Å². The zero-order valence-electron chi connectivity index (χ0n) is 18.2. The predicted octanol–water partition coefficient (Wildman–Crippen LogP) is 2.42. The fourth-order valence-corrected chi connectivity index (χ4v) is 4.31. The molecular formula is C26H25N3O4. The molecule has 7 heteroatoms. The van der Waals surface area contributed by atoms with Crippen LogP contribution in [0, 0.1) is 0 Å². The minimum absolute atomic E-state index is 0.0663. The summed E-state index contributed by atoms with van der Waals surface area (Å²) in [6.07, 6.45) is 1.06. The van der Waals surface area contributed by atoms with E-state index in [9.17, 15) is 19.5 Å². The Bertz CT molecular complexity index is 1260. The molecule has 1 aliphatic heterocycles. The molecule has 0 atom stereocenters. The van der Waals surface area contributed by atoms with Gasteiger partial charge in [0.15, 0.2) is 0 Å². The summed E-state index contributed by atoms with van der Waals surface area (Å²) in [5.41, 5.74) is 7.24. The second kappa shape index (κ2) is 8.01. The van der Waals surface area contributed by atoms with Crippen LogP contribution in [0.5, 0.6) is 0 Å². The minimum atomic E-state index is -1.16. The number of carbonyl (C=O) groups is 3. The Balaban J connectivity index is 1.28. The maximum absolute atomic E-state index is 12.9. The highest BCUT2D eigenvalue weighted by atomic mass is 16.3. The first kappa shape index (κ1) is 21.2. The van der Waals surface area contributed by atoms with Crippen molar-refractivity contribution < 1.29 is 19.5 Å². The smallest absolute Gasteiger partial charge is 0.254 e. The maximum Gasteiger partial charge on any atom is 0.254 e. The summed E-state index contributed by atoms with van der Waals surface area (Å²) in [6, 6.07) is 18.8. The molecule has 5 rings (SSSR count). The number of carbonyl (C=O) groups excluding carboxylic acids is 3. The largest absolute Gasteiger partial charge is 0.380 e. The predicted molar refractivity (Wildman–Crippen MR) is 125 cm³/mol. The van der Waals surface area contributed by atoms with Gasteiger partial charge in [-0.05, 0) is 65.1 Å². The Kier molecular flexibility index (Phi) is 5.13.